The SMILES string of the molecule is CC1COCC(CC(=O)C2CC2)N1C(=O)OC(C)(C)C. The minimum Gasteiger partial charge on any atom is -0.444 e. The molecule has 0 aromatic heterocycles. The van der Waals surface area contributed by atoms with Crippen LogP contribution in [-0.2, 0) is 14.3 Å². The molecule has 1 saturated carbocycles. The Morgan fingerprint density at radius 3 is 2.45 bits per heavy atom. The van der Waals surface area contributed by atoms with Crippen molar-refractivity contribution in [3.8, 4) is 0 Å². The van der Waals surface area contributed by atoms with Gasteiger partial charge in [0.15, 0.2) is 0 Å². The van der Waals surface area contributed by atoms with E-state index in [-0.39, 0.29) is 29.9 Å². The highest BCUT2D eigenvalue weighted by molar-refractivity contribution is 5.84. The summed E-state index contributed by atoms with van der Waals surface area (Å²) in [6, 6.07) is -0.252. The summed E-state index contributed by atoms with van der Waals surface area (Å²) in [5.74, 6) is 0.467. The fourth-order valence-electron chi connectivity index (χ4n) is 2.50. The van der Waals surface area contributed by atoms with Gasteiger partial charge in [0.05, 0.1) is 25.3 Å². The second-order valence-corrected chi connectivity index (χ2v) is 6.87. The van der Waals surface area contributed by atoms with Gasteiger partial charge in [-0.15, -0.1) is 0 Å². The highest BCUT2D eigenvalue weighted by Crippen LogP contribution is 2.32. The van der Waals surface area contributed by atoms with Gasteiger partial charge in [0.25, 0.3) is 0 Å². The van der Waals surface area contributed by atoms with Crippen LogP contribution in [0, 0.1) is 5.92 Å². The van der Waals surface area contributed by atoms with E-state index in [2.05, 4.69) is 0 Å². The van der Waals surface area contributed by atoms with Crippen LogP contribution in [0.2, 0.25) is 0 Å². The molecule has 0 spiro atoms. The van der Waals surface area contributed by atoms with Crippen LogP contribution in [0.4, 0.5) is 4.79 Å². The summed E-state index contributed by atoms with van der Waals surface area (Å²) in [6.07, 6.45) is 2.03. The first-order valence-corrected chi connectivity index (χ1v) is 7.39. The molecule has 114 valence electrons. The maximum Gasteiger partial charge on any atom is 0.410 e. The summed E-state index contributed by atoms with van der Waals surface area (Å²) in [5, 5.41) is 0. The third-order valence-electron chi connectivity index (χ3n) is 3.61. The fourth-order valence-corrected chi connectivity index (χ4v) is 2.50. The molecule has 20 heavy (non-hydrogen) atoms. The zero-order valence-corrected chi connectivity index (χ0v) is 12.8. The molecule has 0 bridgehead atoms. The molecule has 2 fully saturated rings. The minimum absolute atomic E-state index is 0.0596. The van der Waals surface area contributed by atoms with E-state index in [1.807, 2.05) is 27.7 Å². The molecule has 1 amide bonds. The zero-order chi connectivity index (χ0) is 14.9. The average Bonchev–Trinajstić information content (AvgIpc) is 3.09. The Hall–Kier alpha value is -1.10. The highest BCUT2D eigenvalue weighted by atomic mass is 16.6. The van der Waals surface area contributed by atoms with Crippen LogP contribution in [0.15, 0.2) is 0 Å². The summed E-state index contributed by atoms with van der Waals surface area (Å²) in [4.78, 5) is 26.0. The van der Waals surface area contributed by atoms with Crippen molar-refractivity contribution in [3.63, 3.8) is 0 Å². The van der Waals surface area contributed by atoms with E-state index in [1.165, 1.54) is 0 Å². The molecule has 1 saturated heterocycles. The Morgan fingerprint density at radius 2 is 1.90 bits per heavy atom. The number of rotatable bonds is 3. The minimum atomic E-state index is -0.528. The monoisotopic (exact) mass is 283 g/mol. The van der Waals surface area contributed by atoms with E-state index in [1.54, 1.807) is 4.90 Å². The number of hydrogen-bond donors (Lipinski definition) is 0. The number of Topliss-reactive ketones (excluding diaryl/α,β-unsaturated/α-hetero) is 1. The maximum absolute atomic E-state index is 12.3. The Bertz CT molecular complexity index is 384. The molecule has 0 aromatic carbocycles. The highest BCUT2D eigenvalue weighted by Gasteiger charge is 2.39. The third-order valence-corrected chi connectivity index (χ3v) is 3.61. The van der Waals surface area contributed by atoms with E-state index in [0.29, 0.717) is 19.6 Å². The summed E-state index contributed by atoms with van der Waals surface area (Å²) >= 11 is 0. The standard InChI is InChI=1S/C15H25NO4/c1-10-8-19-9-12(7-13(17)11-5-6-11)16(10)14(18)20-15(2,3)4/h10-12H,5-9H2,1-4H3. The van der Waals surface area contributed by atoms with Crippen LogP contribution in [0.25, 0.3) is 0 Å². The first kappa shape index (κ1) is 15.3. The summed E-state index contributed by atoms with van der Waals surface area (Å²) < 4.78 is 11.0. The molecular weight excluding hydrogens is 258 g/mol. The van der Waals surface area contributed by atoms with Crippen LogP contribution in [-0.4, -0.2) is 47.7 Å². The molecule has 1 aliphatic carbocycles. The summed E-state index contributed by atoms with van der Waals surface area (Å²) in [6.45, 7) is 8.38. The Kier molecular flexibility index (Phi) is 4.37. The number of nitrogens with zero attached hydrogens (tertiary/aromatic N) is 1. The largest absolute Gasteiger partial charge is 0.444 e. The molecule has 0 N–H and O–H groups in total. The summed E-state index contributed by atoms with van der Waals surface area (Å²) in [5.41, 5.74) is -0.528. The van der Waals surface area contributed by atoms with Gasteiger partial charge in [0.2, 0.25) is 0 Å². The van der Waals surface area contributed by atoms with Crippen LogP contribution in [0.1, 0.15) is 47.0 Å². The van der Waals surface area contributed by atoms with Gasteiger partial charge in [-0.05, 0) is 40.5 Å². The Balaban J connectivity index is 2.03. The normalized spacial score (nSPS) is 27.3. The quantitative estimate of drug-likeness (QED) is 0.798. The second kappa shape index (κ2) is 5.72. The lowest BCUT2D eigenvalue weighted by molar-refractivity contribution is -0.124. The number of carbonyl (C=O) groups excluding carboxylic acids is 2. The maximum atomic E-state index is 12.3. The molecule has 0 radical (unpaired) electrons. The lowest BCUT2D eigenvalue weighted by Crippen LogP contribution is -2.55. The van der Waals surface area contributed by atoms with Crippen molar-refractivity contribution in [1.82, 2.24) is 4.90 Å². The third kappa shape index (κ3) is 3.95. The van der Waals surface area contributed by atoms with Crippen LogP contribution >= 0.6 is 0 Å². The van der Waals surface area contributed by atoms with E-state index in [9.17, 15) is 9.59 Å². The first-order valence-electron chi connectivity index (χ1n) is 7.39. The Morgan fingerprint density at radius 1 is 1.25 bits per heavy atom. The number of ketones is 1. The van der Waals surface area contributed by atoms with Crippen molar-refractivity contribution in [3.05, 3.63) is 0 Å². The number of carbonyl (C=O) groups is 2. The van der Waals surface area contributed by atoms with Crippen LogP contribution in [0.3, 0.4) is 0 Å². The van der Waals surface area contributed by atoms with Crippen molar-refractivity contribution in [2.75, 3.05) is 13.2 Å². The molecule has 2 atom stereocenters. The van der Waals surface area contributed by atoms with Gasteiger partial charge < -0.3 is 9.47 Å². The molecule has 2 aliphatic rings. The van der Waals surface area contributed by atoms with Gasteiger partial charge in [-0.3, -0.25) is 9.69 Å². The summed E-state index contributed by atoms with van der Waals surface area (Å²) in [7, 11) is 0. The van der Waals surface area contributed by atoms with Gasteiger partial charge in [-0.2, -0.15) is 0 Å². The van der Waals surface area contributed by atoms with Crippen LogP contribution in [0.5, 0.6) is 0 Å². The molecule has 1 aliphatic heterocycles. The molecular formula is C15H25NO4. The van der Waals surface area contributed by atoms with Crippen molar-refractivity contribution in [2.24, 2.45) is 5.92 Å². The molecule has 1 heterocycles. The molecule has 2 unspecified atom stereocenters. The van der Waals surface area contributed by atoms with E-state index in [4.69, 9.17) is 9.47 Å². The first-order chi connectivity index (χ1) is 9.28. The molecule has 5 heteroatoms. The smallest absolute Gasteiger partial charge is 0.410 e. The predicted octanol–water partition coefficient (Wildman–Crippen LogP) is 2.38. The van der Waals surface area contributed by atoms with Crippen LogP contribution < -0.4 is 0 Å². The lowest BCUT2D eigenvalue weighted by atomic mass is 10.0. The molecule has 0 aromatic rings. The Labute approximate surface area is 120 Å². The van der Waals surface area contributed by atoms with Crippen molar-refractivity contribution in [2.45, 2.75) is 64.6 Å². The average molecular weight is 283 g/mol. The van der Waals surface area contributed by atoms with Gasteiger partial charge in [-0.25, -0.2) is 4.79 Å². The lowest BCUT2D eigenvalue weighted by Gasteiger charge is -2.40. The fraction of sp³-hybridized carbons (Fsp3) is 0.867. The topological polar surface area (TPSA) is 55.8 Å². The molecule has 2 rings (SSSR count). The van der Waals surface area contributed by atoms with Gasteiger partial charge in [0.1, 0.15) is 11.4 Å². The van der Waals surface area contributed by atoms with Crippen molar-refractivity contribution >= 4 is 11.9 Å². The van der Waals surface area contributed by atoms with Gasteiger partial charge in [0, 0.05) is 12.3 Å². The van der Waals surface area contributed by atoms with Crippen molar-refractivity contribution < 1.29 is 19.1 Å². The number of morpholine rings is 1. The number of hydrogen-bond acceptors (Lipinski definition) is 4. The van der Waals surface area contributed by atoms with Gasteiger partial charge in [-0.1, -0.05) is 0 Å². The second-order valence-electron chi connectivity index (χ2n) is 6.87. The number of ether oxygens (including phenoxy) is 2. The predicted molar refractivity (Wildman–Crippen MR) is 74.5 cm³/mol. The molecule has 5 nitrogen and oxygen atoms in total. The zero-order valence-electron chi connectivity index (χ0n) is 12.8. The van der Waals surface area contributed by atoms with E-state index >= 15 is 0 Å². The van der Waals surface area contributed by atoms with E-state index < -0.39 is 5.60 Å². The van der Waals surface area contributed by atoms with Gasteiger partial charge >= 0.3 is 6.09 Å². The van der Waals surface area contributed by atoms with E-state index in [0.717, 1.165) is 12.8 Å². The van der Waals surface area contributed by atoms with Crippen molar-refractivity contribution in [1.29, 1.82) is 0 Å². The number of amides is 1.